The zero-order valence-corrected chi connectivity index (χ0v) is 13.4. The van der Waals surface area contributed by atoms with Gasteiger partial charge in [-0.15, -0.1) is 0 Å². The number of H-pyrrole nitrogens is 1. The Bertz CT molecular complexity index is 887. The summed E-state index contributed by atoms with van der Waals surface area (Å²) in [6.45, 7) is 0.494. The standard InChI is InChI=1S/C19H17N3O3/c23-18-11-10-16(21-22-18)19(24)20-15-8-4-5-9-17(15)25-13-12-14-6-2-1-3-7-14/h1-11H,12-13H2,(H,20,24)(H,22,23). The second-order valence-corrected chi connectivity index (χ2v) is 5.34. The van der Waals surface area contributed by atoms with E-state index in [2.05, 4.69) is 15.5 Å². The Kier molecular flexibility index (Phi) is 5.21. The number of hydrogen-bond acceptors (Lipinski definition) is 4. The van der Waals surface area contributed by atoms with Crippen LogP contribution in [0.25, 0.3) is 0 Å². The number of benzene rings is 2. The third kappa shape index (κ3) is 4.54. The quantitative estimate of drug-likeness (QED) is 0.725. The maximum absolute atomic E-state index is 12.2. The van der Waals surface area contributed by atoms with Gasteiger partial charge in [0.05, 0.1) is 12.3 Å². The van der Waals surface area contributed by atoms with E-state index in [1.807, 2.05) is 36.4 Å². The second kappa shape index (κ2) is 7.92. The first-order chi connectivity index (χ1) is 12.2. The number of hydrogen-bond donors (Lipinski definition) is 2. The average molecular weight is 335 g/mol. The number of rotatable bonds is 6. The Balaban J connectivity index is 1.65. The number of nitrogens with zero attached hydrogens (tertiary/aromatic N) is 1. The molecule has 0 aliphatic carbocycles. The number of aromatic amines is 1. The summed E-state index contributed by atoms with van der Waals surface area (Å²) in [5.41, 5.74) is 1.50. The first-order valence-corrected chi connectivity index (χ1v) is 7.85. The van der Waals surface area contributed by atoms with Crippen molar-refractivity contribution in [1.29, 1.82) is 0 Å². The molecule has 0 aliphatic heterocycles. The Morgan fingerprint density at radius 2 is 1.76 bits per heavy atom. The van der Waals surface area contributed by atoms with Crippen molar-refractivity contribution < 1.29 is 9.53 Å². The molecule has 25 heavy (non-hydrogen) atoms. The fraction of sp³-hybridized carbons (Fsp3) is 0.105. The second-order valence-electron chi connectivity index (χ2n) is 5.34. The van der Waals surface area contributed by atoms with Gasteiger partial charge in [0.25, 0.3) is 11.5 Å². The molecule has 1 aromatic heterocycles. The lowest BCUT2D eigenvalue weighted by atomic mass is 10.2. The summed E-state index contributed by atoms with van der Waals surface area (Å²) in [5, 5.41) is 8.70. The molecule has 126 valence electrons. The van der Waals surface area contributed by atoms with Crippen LogP contribution in [0.15, 0.2) is 71.5 Å². The van der Waals surface area contributed by atoms with E-state index >= 15 is 0 Å². The van der Waals surface area contributed by atoms with Gasteiger partial charge in [-0.25, -0.2) is 5.10 Å². The number of carbonyl (C=O) groups is 1. The Morgan fingerprint density at radius 1 is 1.00 bits per heavy atom. The average Bonchev–Trinajstić information content (AvgIpc) is 2.64. The van der Waals surface area contributed by atoms with E-state index in [0.29, 0.717) is 18.0 Å². The van der Waals surface area contributed by atoms with Gasteiger partial charge in [-0.05, 0) is 23.8 Å². The fourth-order valence-electron chi connectivity index (χ4n) is 2.28. The van der Waals surface area contributed by atoms with Gasteiger partial charge in [-0.1, -0.05) is 42.5 Å². The van der Waals surface area contributed by atoms with Crippen molar-refractivity contribution in [2.75, 3.05) is 11.9 Å². The van der Waals surface area contributed by atoms with Crippen LogP contribution in [0.4, 0.5) is 5.69 Å². The highest BCUT2D eigenvalue weighted by atomic mass is 16.5. The molecule has 0 bridgehead atoms. The molecule has 0 saturated carbocycles. The minimum atomic E-state index is -0.421. The van der Waals surface area contributed by atoms with Crippen LogP contribution in [0, 0.1) is 0 Å². The van der Waals surface area contributed by atoms with E-state index in [4.69, 9.17) is 4.74 Å². The van der Waals surface area contributed by atoms with Crippen LogP contribution in [-0.2, 0) is 6.42 Å². The largest absolute Gasteiger partial charge is 0.491 e. The molecule has 1 heterocycles. The zero-order chi connectivity index (χ0) is 17.5. The van der Waals surface area contributed by atoms with E-state index in [9.17, 15) is 9.59 Å². The van der Waals surface area contributed by atoms with Crippen LogP contribution in [0.1, 0.15) is 16.1 Å². The number of aromatic nitrogens is 2. The van der Waals surface area contributed by atoms with Crippen molar-refractivity contribution in [2.24, 2.45) is 0 Å². The highest BCUT2D eigenvalue weighted by Gasteiger charge is 2.11. The maximum Gasteiger partial charge on any atom is 0.276 e. The number of anilines is 1. The van der Waals surface area contributed by atoms with Gasteiger partial charge >= 0.3 is 0 Å². The molecule has 2 N–H and O–H groups in total. The third-order valence-electron chi connectivity index (χ3n) is 3.54. The van der Waals surface area contributed by atoms with Crippen LogP contribution in [0.5, 0.6) is 5.75 Å². The lowest BCUT2D eigenvalue weighted by molar-refractivity contribution is 0.102. The van der Waals surface area contributed by atoms with Gasteiger partial charge in [0.1, 0.15) is 11.4 Å². The van der Waals surface area contributed by atoms with Crippen LogP contribution < -0.4 is 15.6 Å². The number of carbonyl (C=O) groups excluding carboxylic acids is 1. The number of para-hydroxylation sites is 2. The summed E-state index contributed by atoms with van der Waals surface area (Å²) in [6, 6.07) is 19.8. The molecule has 3 aromatic rings. The summed E-state index contributed by atoms with van der Waals surface area (Å²) >= 11 is 0. The molecular weight excluding hydrogens is 318 g/mol. The lowest BCUT2D eigenvalue weighted by Crippen LogP contribution is -2.18. The third-order valence-corrected chi connectivity index (χ3v) is 3.54. The Hall–Kier alpha value is -3.41. The summed E-state index contributed by atoms with van der Waals surface area (Å²) in [6.07, 6.45) is 0.768. The van der Waals surface area contributed by atoms with Crippen LogP contribution in [0.2, 0.25) is 0 Å². The van der Waals surface area contributed by atoms with E-state index in [0.717, 1.165) is 6.42 Å². The molecular formula is C19H17N3O3. The molecule has 1 amide bonds. The highest BCUT2D eigenvalue weighted by Crippen LogP contribution is 2.24. The van der Waals surface area contributed by atoms with Crippen LogP contribution in [-0.4, -0.2) is 22.7 Å². The number of ether oxygens (including phenoxy) is 1. The van der Waals surface area contributed by atoms with Crippen molar-refractivity contribution >= 4 is 11.6 Å². The molecule has 0 radical (unpaired) electrons. The maximum atomic E-state index is 12.2. The van der Waals surface area contributed by atoms with E-state index in [1.54, 1.807) is 18.2 Å². The lowest BCUT2D eigenvalue weighted by Gasteiger charge is -2.12. The first-order valence-electron chi connectivity index (χ1n) is 7.85. The minimum Gasteiger partial charge on any atom is -0.491 e. The molecule has 6 heteroatoms. The molecule has 0 saturated heterocycles. The summed E-state index contributed by atoms with van der Waals surface area (Å²) in [5.74, 6) is 0.159. The normalized spacial score (nSPS) is 10.2. The van der Waals surface area contributed by atoms with E-state index in [1.165, 1.54) is 17.7 Å². The van der Waals surface area contributed by atoms with Gasteiger partial charge in [-0.2, -0.15) is 5.10 Å². The number of amides is 1. The molecule has 0 aliphatic rings. The summed E-state index contributed by atoms with van der Waals surface area (Å²) in [4.78, 5) is 23.2. The van der Waals surface area contributed by atoms with Gasteiger partial charge in [-0.3, -0.25) is 9.59 Å². The molecule has 0 unspecified atom stereocenters. The fourth-order valence-corrected chi connectivity index (χ4v) is 2.28. The van der Waals surface area contributed by atoms with Gasteiger partial charge in [0.15, 0.2) is 0 Å². The Morgan fingerprint density at radius 3 is 2.52 bits per heavy atom. The highest BCUT2D eigenvalue weighted by molar-refractivity contribution is 6.03. The molecule has 0 spiro atoms. The van der Waals surface area contributed by atoms with Crippen molar-refractivity contribution in [3.63, 3.8) is 0 Å². The smallest absolute Gasteiger partial charge is 0.276 e. The summed E-state index contributed by atoms with van der Waals surface area (Å²) < 4.78 is 5.80. The topological polar surface area (TPSA) is 84.1 Å². The molecule has 2 aromatic carbocycles. The molecule has 6 nitrogen and oxygen atoms in total. The van der Waals surface area contributed by atoms with Gasteiger partial charge < -0.3 is 10.1 Å². The van der Waals surface area contributed by atoms with Crippen LogP contribution in [0.3, 0.4) is 0 Å². The molecule has 3 rings (SSSR count). The van der Waals surface area contributed by atoms with Crippen molar-refractivity contribution in [3.05, 3.63) is 88.3 Å². The molecule has 0 atom stereocenters. The first kappa shape index (κ1) is 16.4. The van der Waals surface area contributed by atoms with Crippen LogP contribution >= 0.6 is 0 Å². The van der Waals surface area contributed by atoms with Gasteiger partial charge in [0, 0.05) is 12.5 Å². The van der Waals surface area contributed by atoms with Crippen molar-refractivity contribution in [1.82, 2.24) is 10.2 Å². The zero-order valence-electron chi connectivity index (χ0n) is 13.4. The van der Waals surface area contributed by atoms with Crippen molar-refractivity contribution in [2.45, 2.75) is 6.42 Å². The molecule has 0 fully saturated rings. The van der Waals surface area contributed by atoms with Crippen molar-refractivity contribution in [3.8, 4) is 5.75 Å². The van der Waals surface area contributed by atoms with Gasteiger partial charge in [0.2, 0.25) is 0 Å². The minimum absolute atomic E-state index is 0.124. The predicted molar refractivity (Wildman–Crippen MR) is 94.9 cm³/mol. The number of nitrogens with one attached hydrogen (secondary N) is 2. The SMILES string of the molecule is O=C(Nc1ccccc1OCCc1ccccc1)c1ccc(=O)[nH]n1. The van der Waals surface area contributed by atoms with E-state index < -0.39 is 5.91 Å². The Labute approximate surface area is 144 Å². The predicted octanol–water partition coefficient (Wildman–Crippen LogP) is 2.64. The summed E-state index contributed by atoms with van der Waals surface area (Å²) in [7, 11) is 0. The monoisotopic (exact) mass is 335 g/mol. The van der Waals surface area contributed by atoms with E-state index in [-0.39, 0.29) is 11.3 Å².